The molecule has 3 nitrogen and oxygen atoms in total. The highest BCUT2D eigenvalue weighted by atomic mass is 16.2. The van der Waals surface area contributed by atoms with Crippen LogP contribution in [-0.4, -0.2) is 20.9 Å². The van der Waals surface area contributed by atoms with Crippen molar-refractivity contribution in [3.05, 3.63) is 70.9 Å². The molecule has 0 radical (unpaired) electrons. The third-order valence-corrected chi connectivity index (χ3v) is 5.41. The summed E-state index contributed by atoms with van der Waals surface area (Å²) in [7, 11) is 2.10. The minimum absolute atomic E-state index is 0.0465. The number of carbonyl (C=O) groups is 1. The van der Waals surface area contributed by atoms with E-state index in [4.69, 9.17) is 0 Å². The lowest BCUT2D eigenvalue weighted by Crippen LogP contribution is -2.44. The Bertz CT molecular complexity index is 991. The second-order valence-corrected chi connectivity index (χ2v) is 7.91. The van der Waals surface area contributed by atoms with E-state index in [0.717, 1.165) is 11.1 Å². The molecule has 0 N–H and O–H groups in total. The van der Waals surface area contributed by atoms with Gasteiger partial charge >= 0.3 is 0 Å². The molecule has 1 aliphatic rings. The monoisotopic (exact) mass is 332 g/mol. The van der Waals surface area contributed by atoms with Crippen molar-refractivity contribution in [1.29, 1.82) is 0 Å². The van der Waals surface area contributed by atoms with Crippen LogP contribution in [0.2, 0.25) is 0 Å². The molecule has 1 aliphatic heterocycles. The molecule has 1 aromatic heterocycles. The van der Waals surface area contributed by atoms with Gasteiger partial charge in [-0.05, 0) is 45.4 Å². The summed E-state index contributed by atoms with van der Waals surface area (Å²) in [6.07, 6.45) is 0. The quantitative estimate of drug-likeness (QED) is 0.626. The van der Waals surface area contributed by atoms with Gasteiger partial charge in [0.1, 0.15) is 0 Å². The van der Waals surface area contributed by atoms with Gasteiger partial charge in [0.05, 0.1) is 6.04 Å². The summed E-state index contributed by atoms with van der Waals surface area (Å²) in [6, 6.07) is 16.5. The summed E-state index contributed by atoms with van der Waals surface area (Å²) < 4.78 is 2.23. The van der Waals surface area contributed by atoms with Crippen LogP contribution in [0.25, 0.3) is 10.9 Å². The zero-order chi connectivity index (χ0) is 17.9. The minimum Gasteiger partial charge on any atom is -0.348 e. The molecule has 3 heteroatoms. The molecule has 4 rings (SSSR count). The SMILES string of the molecule is Cc1c(C2c3ccccc3C(=O)N2C(C)(C)C)c2ccccc2n1C. The molecule has 0 spiro atoms. The number of para-hydroxylation sites is 1. The second kappa shape index (κ2) is 5.22. The smallest absolute Gasteiger partial charge is 0.255 e. The Hall–Kier alpha value is -2.55. The second-order valence-electron chi connectivity index (χ2n) is 7.91. The van der Waals surface area contributed by atoms with Gasteiger partial charge in [-0.25, -0.2) is 0 Å². The third-order valence-electron chi connectivity index (χ3n) is 5.41. The van der Waals surface area contributed by atoms with Gasteiger partial charge in [-0.2, -0.15) is 0 Å². The van der Waals surface area contributed by atoms with Gasteiger partial charge in [-0.1, -0.05) is 36.4 Å². The average molecular weight is 332 g/mol. The van der Waals surface area contributed by atoms with Crippen molar-refractivity contribution in [2.24, 2.45) is 7.05 Å². The molecule has 0 saturated carbocycles. The predicted molar refractivity (Wildman–Crippen MR) is 102 cm³/mol. The number of fused-ring (bicyclic) bond motifs is 2. The van der Waals surface area contributed by atoms with Crippen LogP contribution < -0.4 is 0 Å². The number of amides is 1. The maximum atomic E-state index is 13.2. The zero-order valence-corrected chi connectivity index (χ0v) is 15.5. The summed E-state index contributed by atoms with van der Waals surface area (Å²) in [5.41, 5.74) is 5.35. The Labute approximate surface area is 148 Å². The Kier molecular flexibility index (Phi) is 3.33. The zero-order valence-electron chi connectivity index (χ0n) is 15.5. The lowest BCUT2D eigenvalue weighted by atomic mass is 9.93. The molecule has 1 atom stereocenters. The normalized spacial score (nSPS) is 17.4. The lowest BCUT2D eigenvalue weighted by Gasteiger charge is -2.38. The van der Waals surface area contributed by atoms with Crippen LogP contribution in [0.15, 0.2) is 48.5 Å². The standard InChI is InChI=1S/C22H24N2O/c1-14-19(17-12-8-9-13-18(17)23(14)5)20-15-10-6-7-11-16(15)21(25)24(20)22(2,3)4/h6-13,20H,1-5H3. The summed E-state index contributed by atoms with van der Waals surface area (Å²) in [4.78, 5) is 15.2. The van der Waals surface area contributed by atoms with Crippen LogP contribution in [0, 0.1) is 6.92 Å². The fourth-order valence-corrected chi connectivity index (χ4v) is 4.19. The molecular formula is C22H24N2O. The van der Waals surface area contributed by atoms with Crippen LogP contribution in [0.5, 0.6) is 0 Å². The summed E-state index contributed by atoms with van der Waals surface area (Å²) in [6.45, 7) is 8.50. The Morgan fingerprint density at radius 2 is 1.60 bits per heavy atom. The predicted octanol–water partition coefficient (Wildman–Crippen LogP) is 4.83. The van der Waals surface area contributed by atoms with Crippen molar-refractivity contribution in [3.63, 3.8) is 0 Å². The minimum atomic E-state index is -0.260. The summed E-state index contributed by atoms with van der Waals surface area (Å²) in [5, 5.41) is 1.23. The molecule has 1 unspecified atom stereocenters. The van der Waals surface area contributed by atoms with Gasteiger partial charge in [0.2, 0.25) is 0 Å². The lowest BCUT2D eigenvalue weighted by molar-refractivity contribution is 0.0552. The largest absolute Gasteiger partial charge is 0.348 e. The molecule has 2 aromatic carbocycles. The number of aryl methyl sites for hydroxylation is 1. The molecule has 0 saturated heterocycles. The number of aromatic nitrogens is 1. The molecule has 0 fully saturated rings. The summed E-state index contributed by atoms with van der Waals surface area (Å²) in [5.74, 6) is 0.125. The molecule has 0 aliphatic carbocycles. The van der Waals surface area contributed by atoms with Gasteiger partial charge in [0, 0.05) is 40.3 Å². The highest BCUT2D eigenvalue weighted by Crippen LogP contribution is 2.46. The maximum absolute atomic E-state index is 13.2. The topological polar surface area (TPSA) is 25.2 Å². The molecule has 128 valence electrons. The van der Waals surface area contributed by atoms with Crippen LogP contribution in [0.4, 0.5) is 0 Å². The van der Waals surface area contributed by atoms with Crippen molar-refractivity contribution in [1.82, 2.24) is 9.47 Å². The van der Waals surface area contributed by atoms with Crippen molar-refractivity contribution in [2.45, 2.75) is 39.3 Å². The fourth-order valence-electron chi connectivity index (χ4n) is 4.19. The number of hydrogen-bond donors (Lipinski definition) is 0. The van der Waals surface area contributed by atoms with Crippen LogP contribution in [-0.2, 0) is 7.05 Å². The first-order valence-corrected chi connectivity index (χ1v) is 8.79. The Morgan fingerprint density at radius 3 is 2.32 bits per heavy atom. The van der Waals surface area contributed by atoms with Gasteiger partial charge < -0.3 is 9.47 Å². The molecule has 25 heavy (non-hydrogen) atoms. The molecule has 0 bridgehead atoms. The maximum Gasteiger partial charge on any atom is 0.255 e. The highest BCUT2D eigenvalue weighted by Gasteiger charge is 2.44. The van der Waals surface area contributed by atoms with E-state index in [9.17, 15) is 4.79 Å². The van der Waals surface area contributed by atoms with Gasteiger partial charge in [-0.3, -0.25) is 4.79 Å². The Morgan fingerprint density at radius 1 is 0.960 bits per heavy atom. The average Bonchev–Trinajstić information content (AvgIpc) is 3.01. The third kappa shape index (κ3) is 2.15. The van der Waals surface area contributed by atoms with E-state index >= 15 is 0 Å². The van der Waals surface area contributed by atoms with E-state index in [1.54, 1.807) is 0 Å². The first-order chi connectivity index (χ1) is 11.8. The number of benzene rings is 2. The number of hydrogen-bond acceptors (Lipinski definition) is 1. The molecule has 2 heterocycles. The van der Waals surface area contributed by atoms with Crippen molar-refractivity contribution >= 4 is 16.8 Å². The highest BCUT2D eigenvalue weighted by molar-refractivity contribution is 6.01. The number of carbonyl (C=O) groups excluding carboxylic acids is 1. The van der Waals surface area contributed by atoms with Crippen LogP contribution in [0.1, 0.15) is 54.0 Å². The first-order valence-electron chi connectivity index (χ1n) is 8.79. The Balaban J connectivity index is 2.07. The van der Waals surface area contributed by atoms with Gasteiger partial charge in [0.25, 0.3) is 5.91 Å². The molecule has 3 aromatic rings. The van der Waals surface area contributed by atoms with Crippen molar-refractivity contribution in [2.75, 3.05) is 0 Å². The van der Waals surface area contributed by atoms with E-state index in [2.05, 4.69) is 69.6 Å². The van der Waals surface area contributed by atoms with E-state index < -0.39 is 0 Å². The van der Waals surface area contributed by atoms with E-state index in [-0.39, 0.29) is 17.5 Å². The fraction of sp³-hybridized carbons (Fsp3) is 0.318. The van der Waals surface area contributed by atoms with Crippen molar-refractivity contribution < 1.29 is 4.79 Å². The van der Waals surface area contributed by atoms with Crippen LogP contribution in [0.3, 0.4) is 0 Å². The van der Waals surface area contributed by atoms with Crippen molar-refractivity contribution in [3.8, 4) is 0 Å². The van der Waals surface area contributed by atoms with Gasteiger partial charge in [0.15, 0.2) is 0 Å². The number of nitrogens with zero attached hydrogens (tertiary/aromatic N) is 2. The number of rotatable bonds is 1. The van der Waals surface area contributed by atoms with E-state index in [0.29, 0.717) is 0 Å². The molecule has 1 amide bonds. The van der Waals surface area contributed by atoms with E-state index in [1.807, 2.05) is 23.1 Å². The first kappa shape index (κ1) is 15.9. The van der Waals surface area contributed by atoms with Crippen LogP contribution >= 0.6 is 0 Å². The summed E-state index contributed by atoms with van der Waals surface area (Å²) >= 11 is 0. The molecular weight excluding hydrogens is 308 g/mol. The van der Waals surface area contributed by atoms with Gasteiger partial charge in [-0.15, -0.1) is 0 Å². The van der Waals surface area contributed by atoms with E-state index in [1.165, 1.54) is 22.2 Å².